The van der Waals surface area contributed by atoms with Crippen molar-refractivity contribution in [2.24, 2.45) is 0 Å². The molecular weight excluding hydrogens is 313 g/mol. The Bertz CT molecular complexity index is 809. The highest BCUT2D eigenvalue weighted by Gasteiger charge is 2.08. The van der Waals surface area contributed by atoms with Crippen LogP contribution >= 0.6 is 0 Å². The normalized spacial score (nSPS) is 10.2. The minimum Gasteiger partial charge on any atom is -0.484 e. The maximum atomic E-state index is 14.0. The van der Waals surface area contributed by atoms with Crippen molar-refractivity contribution in [1.82, 2.24) is 15.2 Å². The maximum Gasteiger partial charge on any atom is 0.323 e. The van der Waals surface area contributed by atoms with E-state index in [0.717, 1.165) is 0 Å². The van der Waals surface area contributed by atoms with Crippen LogP contribution in [-0.4, -0.2) is 21.2 Å². The van der Waals surface area contributed by atoms with Crippen LogP contribution in [0.15, 0.2) is 55.0 Å². The van der Waals surface area contributed by atoms with Crippen LogP contribution in [0, 0.1) is 5.82 Å². The number of halogens is 1. The largest absolute Gasteiger partial charge is 0.484 e. The van der Waals surface area contributed by atoms with Gasteiger partial charge in [-0.25, -0.2) is 9.18 Å². The quantitative estimate of drug-likeness (QED) is 0.671. The monoisotopic (exact) mass is 327 g/mol. The van der Waals surface area contributed by atoms with E-state index in [2.05, 4.69) is 25.8 Å². The zero-order valence-corrected chi connectivity index (χ0v) is 12.5. The summed E-state index contributed by atoms with van der Waals surface area (Å²) < 4.78 is 19.4. The molecule has 3 rings (SSSR count). The van der Waals surface area contributed by atoms with Gasteiger partial charge >= 0.3 is 6.03 Å². The summed E-state index contributed by atoms with van der Waals surface area (Å²) in [5.41, 5.74) is 1.50. The molecule has 2 heterocycles. The number of rotatable bonds is 5. The second-order valence-electron chi connectivity index (χ2n) is 4.82. The number of aromatic nitrogens is 3. The number of carbonyl (C=O) groups is 1. The molecule has 0 aliphatic carbocycles. The number of aromatic amines is 1. The SMILES string of the molecule is O=C(Nc1cn[nH]c1)Nc1ccc(OCc2ccccn2)c(F)c1. The van der Waals surface area contributed by atoms with Gasteiger partial charge in [0, 0.05) is 24.1 Å². The van der Waals surface area contributed by atoms with E-state index >= 15 is 0 Å². The van der Waals surface area contributed by atoms with Gasteiger partial charge in [0.1, 0.15) is 6.61 Å². The molecule has 8 heteroatoms. The van der Waals surface area contributed by atoms with Crippen molar-refractivity contribution in [3.63, 3.8) is 0 Å². The first-order chi connectivity index (χ1) is 11.7. The molecule has 0 fully saturated rings. The summed E-state index contributed by atoms with van der Waals surface area (Å²) in [5, 5.41) is 11.3. The Hall–Kier alpha value is -3.42. The molecule has 0 aliphatic rings. The average molecular weight is 327 g/mol. The second-order valence-corrected chi connectivity index (χ2v) is 4.82. The van der Waals surface area contributed by atoms with E-state index in [4.69, 9.17) is 4.74 Å². The van der Waals surface area contributed by atoms with Crippen molar-refractivity contribution in [3.05, 3.63) is 66.5 Å². The molecule has 0 unspecified atom stereocenters. The molecule has 2 aromatic heterocycles. The standard InChI is InChI=1S/C16H14FN5O2/c17-14-7-11(21-16(23)22-13-8-19-20-9-13)4-5-15(14)24-10-12-3-1-2-6-18-12/h1-9H,10H2,(H,19,20)(H2,21,22,23). The summed E-state index contributed by atoms with van der Waals surface area (Å²) in [7, 11) is 0. The van der Waals surface area contributed by atoms with Gasteiger partial charge in [0.25, 0.3) is 0 Å². The number of H-pyrrole nitrogens is 1. The summed E-state index contributed by atoms with van der Waals surface area (Å²) in [4.78, 5) is 15.9. The molecule has 0 atom stereocenters. The molecule has 0 spiro atoms. The van der Waals surface area contributed by atoms with Gasteiger partial charge in [-0.3, -0.25) is 10.1 Å². The average Bonchev–Trinajstić information content (AvgIpc) is 3.08. The number of hydrogen-bond acceptors (Lipinski definition) is 4. The Morgan fingerprint density at radius 1 is 1.21 bits per heavy atom. The predicted molar refractivity (Wildman–Crippen MR) is 86.2 cm³/mol. The summed E-state index contributed by atoms with van der Waals surface area (Å²) in [5.74, 6) is -0.492. The Morgan fingerprint density at radius 2 is 2.08 bits per heavy atom. The molecular formula is C16H14FN5O2. The van der Waals surface area contributed by atoms with E-state index in [1.165, 1.54) is 24.5 Å². The van der Waals surface area contributed by atoms with Crippen molar-refractivity contribution >= 4 is 17.4 Å². The Morgan fingerprint density at radius 3 is 2.79 bits per heavy atom. The Balaban J connectivity index is 1.58. The highest BCUT2D eigenvalue weighted by atomic mass is 19.1. The molecule has 0 aliphatic heterocycles. The minimum absolute atomic E-state index is 0.0847. The number of pyridine rings is 1. The van der Waals surface area contributed by atoms with Gasteiger partial charge in [-0.2, -0.15) is 5.10 Å². The molecule has 0 radical (unpaired) electrons. The van der Waals surface area contributed by atoms with Crippen molar-refractivity contribution in [3.8, 4) is 5.75 Å². The number of benzene rings is 1. The number of anilines is 2. The fraction of sp³-hybridized carbons (Fsp3) is 0.0625. The number of amides is 2. The number of urea groups is 1. The van der Waals surface area contributed by atoms with E-state index < -0.39 is 11.8 Å². The number of carbonyl (C=O) groups excluding carboxylic acids is 1. The van der Waals surface area contributed by atoms with Gasteiger partial charge in [0.2, 0.25) is 0 Å². The highest BCUT2D eigenvalue weighted by Crippen LogP contribution is 2.22. The molecule has 3 N–H and O–H groups in total. The molecule has 0 saturated heterocycles. The Kier molecular flexibility index (Phi) is 4.66. The van der Waals surface area contributed by atoms with Crippen LogP contribution < -0.4 is 15.4 Å². The van der Waals surface area contributed by atoms with Crippen LogP contribution in [0.25, 0.3) is 0 Å². The lowest BCUT2D eigenvalue weighted by atomic mass is 10.3. The van der Waals surface area contributed by atoms with Crippen LogP contribution in [0.4, 0.5) is 20.6 Å². The van der Waals surface area contributed by atoms with E-state index in [9.17, 15) is 9.18 Å². The highest BCUT2D eigenvalue weighted by molar-refractivity contribution is 5.99. The molecule has 24 heavy (non-hydrogen) atoms. The van der Waals surface area contributed by atoms with Gasteiger partial charge < -0.3 is 15.4 Å². The van der Waals surface area contributed by atoms with E-state index in [-0.39, 0.29) is 12.4 Å². The summed E-state index contributed by atoms with van der Waals surface area (Å²) in [6.07, 6.45) is 4.62. The second kappa shape index (κ2) is 7.23. The summed E-state index contributed by atoms with van der Waals surface area (Å²) >= 11 is 0. The predicted octanol–water partition coefficient (Wildman–Crippen LogP) is 3.17. The van der Waals surface area contributed by atoms with E-state index in [1.807, 2.05) is 6.07 Å². The van der Waals surface area contributed by atoms with E-state index in [0.29, 0.717) is 17.1 Å². The van der Waals surface area contributed by atoms with Crippen LogP contribution in [0.3, 0.4) is 0 Å². The van der Waals surface area contributed by atoms with Crippen LogP contribution in [0.1, 0.15) is 5.69 Å². The lowest BCUT2D eigenvalue weighted by Gasteiger charge is -2.09. The zero-order valence-electron chi connectivity index (χ0n) is 12.5. The third kappa shape index (κ3) is 4.07. The lowest BCUT2D eigenvalue weighted by molar-refractivity contribution is 0.262. The molecule has 2 amide bonds. The number of ether oxygens (including phenoxy) is 1. The fourth-order valence-electron chi connectivity index (χ4n) is 1.94. The van der Waals surface area contributed by atoms with E-state index in [1.54, 1.807) is 24.4 Å². The third-order valence-corrected chi connectivity index (χ3v) is 3.05. The van der Waals surface area contributed by atoms with Crippen LogP contribution in [-0.2, 0) is 6.61 Å². The Labute approximate surface area is 136 Å². The van der Waals surface area contributed by atoms with Crippen LogP contribution in [0.2, 0.25) is 0 Å². The van der Waals surface area contributed by atoms with Gasteiger partial charge in [0.05, 0.1) is 17.6 Å². The third-order valence-electron chi connectivity index (χ3n) is 3.05. The number of nitrogens with one attached hydrogen (secondary N) is 3. The topological polar surface area (TPSA) is 91.9 Å². The summed E-state index contributed by atoms with van der Waals surface area (Å²) in [6, 6.07) is 9.08. The van der Waals surface area contributed by atoms with Gasteiger partial charge in [-0.15, -0.1) is 0 Å². The number of hydrogen-bond donors (Lipinski definition) is 3. The molecule has 3 aromatic rings. The van der Waals surface area contributed by atoms with Crippen molar-refractivity contribution in [2.45, 2.75) is 6.61 Å². The van der Waals surface area contributed by atoms with Gasteiger partial charge in [-0.05, 0) is 24.3 Å². The maximum absolute atomic E-state index is 14.0. The molecule has 7 nitrogen and oxygen atoms in total. The van der Waals surface area contributed by atoms with Crippen LogP contribution in [0.5, 0.6) is 5.75 Å². The first-order valence-corrected chi connectivity index (χ1v) is 7.10. The lowest BCUT2D eigenvalue weighted by Crippen LogP contribution is -2.19. The van der Waals surface area contributed by atoms with Gasteiger partial charge in [-0.1, -0.05) is 6.07 Å². The van der Waals surface area contributed by atoms with Crippen molar-refractivity contribution in [1.29, 1.82) is 0 Å². The van der Waals surface area contributed by atoms with Crippen molar-refractivity contribution < 1.29 is 13.9 Å². The first kappa shape index (κ1) is 15.5. The minimum atomic E-state index is -0.577. The van der Waals surface area contributed by atoms with Crippen molar-refractivity contribution in [2.75, 3.05) is 10.6 Å². The first-order valence-electron chi connectivity index (χ1n) is 7.10. The smallest absolute Gasteiger partial charge is 0.323 e. The summed E-state index contributed by atoms with van der Waals surface area (Å²) in [6.45, 7) is 0.158. The molecule has 122 valence electrons. The van der Waals surface area contributed by atoms with Gasteiger partial charge in [0.15, 0.2) is 11.6 Å². The molecule has 0 bridgehead atoms. The molecule has 0 saturated carbocycles. The zero-order chi connectivity index (χ0) is 16.8. The fourth-order valence-corrected chi connectivity index (χ4v) is 1.94. The number of nitrogens with zero attached hydrogens (tertiary/aromatic N) is 2. The molecule has 1 aromatic carbocycles.